The lowest BCUT2D eigenvalue weighted by Crippen LogP contribution is -2.42. The maximum atomic E-state index is 12.6. The molecule has 1 saturated heterocycles. The van der Waals surface area contributed by atoms with Crippen LogP contribution in [0.2, 0.25) is 10.0 Å². The van der Waals surface area contributed by atoms with Crippen LogP contribution in [0.4, 0.5) is 4.79 Å². The van der Waals surface area contributed by atoms with Crippen LogP contribution in [0.5, 0.6) is 11.5 Å². The van der Waals surface area contributed by atoms with Crippen LogP contribution in [-0.2, 0) is 4.74 Å². The lowest BCUT2D eigenvalue weighted by atomic mass is 10.1. The first kappa shape index (κ1) is 18.8. The average Bonchev–Trinajstić information content (AvgIpc) is 3.01. The number of carbonyl (C=O) groups excluding carboxylic acids is 2. The minimum atomic E-state index is -0.464. The second kappa shape index (κ2) is 7.83. The van der Waals surface area contributed by atoms with Crippen LogP contribution in [0.15, 0.2) is 42.2 Å². The Labute approximate surface area is 171 Å². The Hall–Kier alpha value is -2.54. The van der Waals surface area contributed by atoms with E-state index in [1.54, 1.807) is 35.2 Å². The molecule has 28 heavy (non-hydrogen) atoms. The molecule has 0 radical (unpaired) electrons. The smallest absolute Gasteiger partial charge is 0.415 e. The van der Waals surface area contributed by atoms with E-state index in [-0.39, 0.29) is 11.5 Å². The van der Waals surface area contributed by atoms with Gasteiger partial charge in [-0.2, -0.15) is 0 Å². The highest BCUT2D eigenvalue weighted by Gasteiger charge is 2.29. The zero-order valence-corrected chi connectivity index (χ0v) is 16.1. The molecule has 0 aliphatic carbocycles. The number of rotatable bonds is 2. The SMILES string of the molecule is O=C1C(=Cc2cccc(Cl)c2Cl)Oc2cc(OC(=O)N3CCOCC3)ccc21. The fraction of sp³-hybridized carbons (Fsp3) is 0.200. The van der Waals surface area contributed by atoms with Crippen LogP contribution in [0.3, 0.4) is 0 Å². The first-order valence-corrected chi connectivity index (χ1v) is 9.35. The molecule has 1 fully saturated rings. The molecule has 8 heteroatoms. The average molecular weight is 420 g/mol. The van der Waals surface area contributed by atoms with Gasteiger partial charge in [0.1, 0.15) is 11.5 Å². The number of benzene rings is 2. The summed E-state index contributed by atoms with van der Waals surface area (Å²) in [6.07, 6.45) is 1.07. The molecule has 0 saturated carbocycles. The molecule has 2 aromatic carbocycles. The van der Waals surface area contributed by atoms with Gasteiger partial charge in [-0.25, -0.2) is 4.79 Å². The fourth-order valence-corrected chi connectivity index (χ4v) is 3.28. The number of nitrogens with zero attached hydrogens (tertiary/aromatic N) is 1. The standard InChI is InChI=1S/C20H15Cl2NO5/c21-15-3-1-2-12(18(15)22)10-17-19(24)14-5-4-13(11-16(14)28-17)27-20(25)23-6-8-26-9-7-23/h1-5,10-11H,6-9H2. The van der Waals surface area contributed by atoms with Gasteiger partial charge >= 0.3 is 6.09 Å². The topological polar surface area (TPSA) is 65.1 Å². The van der Waals surface area contributed by atoms with Crippen LogP contribution in [-0.4, -0.2) is 43.1 Å². The van der Waals surface area contributed by atoms with Crippen molar-refractivity contribution in [1.82, 2.24) is 4.90 Å². The molecule has 0 N–H and O–H groups in total. The van der Waals surface area contributed by atoms with E-state index in [0.717, 1.165) is 0 Å². The van der Waals surface area contributed by atoms with E-state index in [0.29, 0.717) is 59.0 Å². The summed E-state index contributed by atoms with van der Waals surface area (Å²) in [4.78, 5) is 26.4. The van der Waals surface area contributed by atoms with E-state index in [1.807, 2.05) is 0 Å². The van der Waals surface area contributed by atoms with Crippen molar-refractivity contribution in [3.8, 4) is 11.5 Å². The summed E-state index contributed by atoms with van der Waals surface area (Å²) in [6, 6.07) is 9.78. The molecule has 4 rings (SSSR count). The Balaban J connectivity index is 1.53. The second-order valence-corrected chi connectivity index (χ2v) is 6.99. The summed E-state index contributed by atoms with van der Waals surface area (Å²) >= 11 is 12.2. The van der Waals surface area contributed by atoms with Crippen molar-refractivity contribution in [2.75, 3.05) is 26.3 Å². The number of Topliss-reactive ketones (excluding diaryl/α,β-unsaturated/α-hetero) is 1. The highest BCUT2D eigenvalue weighted by atomic mass is 35.5. The third-order valence-electron chi connectivity index (χ3n) is 4.38. The maximum absolute atomic E-state index is 12.6. The molecule has 0 unspecified atom stereocenters. The number of allylic oxidation sites excluding steroid dienone is 1. The molecule has 2 aromatic rings. The first-order chi connectivity index (χ1) is 13.5. The van der Waals surface area contributed by atoms with Crippen molar-refractivity contribution >= 4 is 41.2 Å². The van der Waals surface area contributed by atoms with Gasteiger partial charge in [-0.15, -0.1) is 0 Å². The molecule has 6 nitrogen and oxygen atoms in total. The third-order valence-corrected chi connectivity index (χ3v) is 5.22. The minimum Gasteiger partial charge on any atom is -0.452 e. The third kappa shape index (κ3) is 3.71. The van der Waals surface area contributed by atoms with Gasteiger partial charge in [-0.05, 0) is 29.8 Å². The molecule has 2 heterocycles. The lowest BCUT2D eigenvalue weighted by molar-refractivity contribution is 0.0416. The van der Waals surface area contributed by atoms with Crippen LogP contribution in [0, 0.1) is 0 Å². The van der Waals surface area contributed by atoms with Gasteiger partial charge < -0.3 is 19.1 Å². The van der Waals surface area contributed by atoms with E-state index in [4.69, 9.17) is 37.4 Å². The predicted molar refractivity (Wildman–Crippen MR) is 104 cm³/mol. The monoisotopic (exact) mass is 419 g/mol. The fourth-order valence-electron chi connectivity index (χ4n) is 2.92. The number of hydrogen-bond donors (Lipinski definition) is 0. The number of hydrogen-bond acceptors (Lipinski definition) is 5. The maximum Gasteiger partial charge on any atom is 0.415 e. The summed E-state index contributed by atoms with van der Waals surface area (Å²) < 4.78 is 16.3. The van der Waals surface area contributed by atoms with Gasteiger partial charge in [-0.3, -0.25) is 4.79 Å². The van der Waals surface area contributed by atoms with E-state index in [9.17, 15) is 9.59 Å². The molecule has 0 aromatic heterocycles. The predicted octanol–water partition coefficient (Wildman–Crippen LogP) is 4.44. The van der Waals surface area contributed by atoms with Crippen LogP contribution in [0.25, 0.3) is 6.08 Å². The van der Waals surface area contributed by atoms with Crippen molar-refractivity contribution in [2.45, 2.75) is 0 Å². The summed E-state index contributed by atoms with van der Waals surface area (Å²) in [5.41, 5.74) is 0.958. The summed E-state index contributed by atoms with van der Waals surface area (Å²) in [5, 5.41) is 0.723. The van der Waals surface area contributed by atoms with Crippen molar-refractivity contribution in [1.29, 1.82) is 0 Å². The summed E-state index contributed by atoms with van der Waals surface area (Å²) in [5.74, 6) is 0.458. The number of carbonyl (C=O) groups is 2. The van der Waals surface area contributed by atoms with Gasteiger partial charge in [0.25, 0.3) is 0 Å². The molecule has 0 atom stereocenters. The normalized spacial score (nSPS) is 17.4. The number of amides is 1. The summed E-state index contributed by atoms with van der Waals surface area (Å²) in [6.45, 7) is 1.92. The second-order valence-electron chi connectivity index (χ2n) is 6.21. The first-order valence-electron chi connectivity index (χ1n) is 8.60. The van der Waals surface area contributed by atoms with E-state index in [2.05, 4.69) is 0 Å². The van der Waals surface area contributed by atoms with Crippen molar-refractivity contribution in [3.05, 3.63) is 63.3 Å². The Bertz CT molecular complexity index is 983. The summed E-state index contributed by atoms with van der Waals surface area (Å²) in [7, 11) is 0. The van der Waals surface area contributed by atoms with Crippen molar-refractivity contribution < 1.29 is 23.8 Å². The Morgan fingerprint density at radius 1 is 1.14 bits per heavy atom. The van der Waals surface area contributed by atoms with Crippen LogP contribution in [0.1, 0.15) is 15.9 Å². The number of ketones is 1. The zero-order chi connectivity index (χ0) is 19.7. The number of morpholine rings is 1. The Kier molecular flexibility index (Phi) is 5.26. The van der Waals surface area contributed by atoms with Gasteiger partial charge in [0, 0.05) is 19.2 Å². The highest BCUT2D eigenvalue weighted by molar-refractivity contribution is 6.43. The number of fused-ring (bicyclic) bond motifs is 1. The molecule has 1 amide bonds. The van der Waals surface area contributed by atoms with E-state index in [1.165, 1.54) is 12.1 Å². The molecule has 0 spiro atoms. The number of halogens is 2. The van der Waals surface area contributed by atoms with Gasteiger partial charge in [-0.1, -0.05) is 35.3 Å². The van der Waals surface area contributed by atoms with Crippen LogP contribution >= 0.6 is 23.2 Å². The number of ether oxygens (including phenoxy) is 3. The quantitative estimate of drug-likeness (QED) is 0.673. The zero-order valence-electron chi connectivity index (χ0n) is 14.6. The van der Waals surface area contributed by atoms with Gasteiger partial charge in [0.15, 0.2) is 5.76 Å². The van der Waals surface area contributed by atoms with Gasteiger partial charge in [0.2, 0.25) is 5.78 Å². The molecule has 144 valence electrons. The largest absolute Gasteiger partial charge is 0.452 e. The molecule has 0 bridgehead atoms. The molecular weight excluding hydrogens is 405 g/mol. The Morgan fingerprint density at radius 3 is 2.71 bits per heavy atom. The molecule has 2 aliphatic heterocycles. The van der Waals surface area contributed by atoms with Gasteiger partial charge in [0.05, 0.1) is 28.8 Å². The minimum absolute atomic E-state index is 0.121. The Morgan fingerprint density at radius 2 is 1.93 bits per heavy atom. The van der Waals surface area contributed by atoms with E-state index < -0.39 is 6.09 Å². The lowest BCUT2D eigenvalue weighted by Gasteiger charge is -2.25. The van der Waals surface area contributed by atoms with Crippen molar-refractivity contribution in [2.24, 2.45) is 0 Å². The van der Waals surface area contributed by atoms with Crippen LogP contribution < -0.4 is 9.47 Å². The van der Waals surface area contributed by atoms with Crippen molar-refractivity contribution in [3.63, 3.8) is 0 Å². The molecular formula is C20H15Cl2NO5. The van der Waals surface area contributed by atoms with E-state index >= 15 is 0 Å². The molecule has 2 aliphatic rings. The highest BCUT2D eigenvalue weighted by Crippen LogP contribution is 2.36.